The molecule has 1 heterocycles. The van der Waals surface area contributed by atoms with E-state index in [0.717, 1.165) is 12.8 Å². The van der Waals surface area contributed by atoms with E-state index in [0.29, 0.717) is 0 Å². The van der Waals surface area contributed by atoms with Crippen LogP contribution in [-0.2, 0) is 5.54 Å². The summed E-state index contributed by atoms with van der Waals surface area (Å²) >= 11 is 0. The standard InChI is InChI=1S/C13H18N2/c1-13(2,3)15-10-12(9-14-15)11-7-5-4-6-8-11/h5,7-10H,4,6H2,1-3H3. The lowest BCUT2D eigenvalue weighted by atomic mass is 10.0. The molecular weight excluding hydrogens is 184 g/mol. The van der Waals surface area contributed by atoms with E-state index < -0.39 is 0 Å². The van der Waals surface area contributed by atoms with Crippen molar-refractivity contribution in [3.63, 3.8) is 0 Å². The first-order chi connectivity index (χ1) is 7.07. The maximum absolute atomic E-state index is 4.40. The SMILES string of the molecule is CC(C)(C)n1cc(C2=CCCC=C2)cn1. The summed E-state index contributed by atoms with van der Waals surface area (Å²) in [6.45, 7) is 6.48. The number of rotatable bonds is 1. The smallest absolute Gasteiger partial charge is 0.0568 e. The van der Waals surface area contributed by atoms with Gasteiger partial charge in [0.25, 0.3) is 0 Å². The third kappa shape index (κ3) is 2.20. The van der Waals surface area contributed by atoms with E-state index in [1.54, 1.807) is 0 Å². The number of hydrogen-bond donors (Lipinski definition) is 0. The van der Waals surface area contributed by atoms with Gasteiger partial charge in [0.2, 0.25) is 0 Å². The second kappa shape index (κ2) is 3.69. The highest BCUT2D eigenvalue weighted by molar-refractivity contribution is 5.73. The van der Waals surface area contributed by atoms with Gasteiger partial charge >= 0.3 is 0 Å². The van der Waals surface area contributed by atoms with E-state index in [1.165, 1.54) is 11.1 Å². The Morgan fingerprint density at radius 3 is 2.60 bits per heavy atom. The highest BCUT2D eigenvalue weighted by Crippen LogP contribution is 2.22. The summed E-state index contributed by atoms with van der Waals surface area (Å²) in [5, 5.41) is 4.40. The lowest BCUT2D eigenvalue weighted by Gasteiger charge is -2.18. The lowest BCUT2D eigenvalue weighted by molar-refractivity contribution is 0.355. The fraction of sp³-hybridized carbons (Fsp3) is 0.462. The third-order valence-corrected chi connectivity index (χ3v) is 2.60. The zero-order chi connectivity index (χ0) is 10.9. The third-order valence-electron chi connectivity index (χ3n) is 2.60. The average Bonchev–Trinajstić information content (AvgIpc) is 2.67. The van der Waals surface area contributed by atoms with Crippen molar-refractivity contribution in [2.24, 2.45) is 0 Å². The number of allylic oxidation sites excluding steroid dienone is 4. The predicted octanol–water partition coefficient (Wildman–Crippen LogP) is 3.37. The van der Waals surface area contributed by atoms with Crippen LogP contribution in [0.4, 0.5) is 0 Å². The quantitative estimate of drug-likeness (QED) is 0.682. The molecule has 0 fully saturated rings. The highest BCUT2D eigenvalue weighted by Gasteiger charge is 2.14. The van der Waals surface area contributed by atoms with Gasteiger partial charge in [-0.3, -0.25) is 4.68 Å². The molecule has 0 unspecified atom stereocenters. The van der Waals surface area contributed by atoms with Gasteiger partial charge in [0.1, 0.15) is 0 Å². The molecule has 0 saturated heterocycles. The summed E-state index contributed by atoms with van der Waals surface area (Å²) in [6, 6.07) is 0. The van der Waals surface area contributed by atoms with E-state index in [9.17, 15) is 0 Å². The molecule has 0 radical (unpaired) electrons. The molecule has 0 amide bonds. The molecule has 15 heavy (non-hydrogen) atoms. The molecule has 0 aromatic carbocycles. The molecule has 0 bridgehead atoms. The predicted molar refractivity (Wildman–Crippen MR) is 63.6 cm³/mol. The first-order valence-corrected chi connectivity index (χ1v) is 5.49. The summed E-state index contributed by atoms with van der Waals surface area (Å²) in [7, 11) is 0. The van der Waals surface area contributed by atoms with Crippen LogP contribution in [0.3, 0.4) is 0 Å². The number of hydrogen-bond acceptors (Lipinski definition) is 1. The van der Waals surface area contributed by atoms with E-state index in [2.05, 4.69) is 50.3 Å². The van der Waals surface area contributed by atoms with E-state index in [-0.39, 0.29) is 5.54 Å². The average molecular weight is 202 g/mol. The van der Waals surface area contributed by atoms with Crippen LogP contribution in [0, 0.1) is 0 Å². The van der Waals surface area contributed by atoms with Crippen LogP contribution >= 0.6 is 0 Å². The van der Waals surface area contributed by atoms with Crippen LogP contribution in [0.2, 0.25) is 0 Å². The van der Waals surface area contributed by atoms with Crippen LogP contribution in [0.5, 0.6) is 0 Å². The molecule has 2 nitrogen and oxygen atoms in total. The van der Waals surface area contributed by atoms with Gasteiger partial charge in [-0.2, -0.15) is 5.10 Å². The molecule has 0 atom stereocenters. The number of nitrogens with zero attached hydrogens (tertiary/aromatic N) is 2. The molecule has 1 aliphatic carbocycles. The second-order valence-corrected chi connectivity index (χ2v) is 4.98. The summed E-state index contributed by atoms with van der Waals surface area (Å²) in [5.74, 6) is 0. The van der Waals surface area contributed by atoms with Crippen molar-refractivity contribution in [2.75, 3.05) is 0 Å². The van der Waals surface area contributed by atoms with Crippen LogP contribution in [0.1, 0.15) is 39.2 Å². The van der Waals surface area contributed by atoms with Crippen LogP contribution < -0.4 is 0 Å². The molecule has 2 rings (SSSR count). The van der Waals surface area contributed by atoms with Gasteiger partial charge in [-0.25, -0.2) is 0 Å². The first kappa shape index (κ1) is 10.2. The minimum Gasteiger partial charge on any atom is -0.267 e. The van der Waals surface area contributed by atoms with Crippen molar-refractivity contribution in [3.05, 3.63) is 36.2 Å². The zero-order valence-electron chi connectivity index (χ0n) is 9.70. The summed E-state index contributed by atoms with van der Waals surface area (Å²) in [5.41, 5.74) is 2.59. The largest absolute Gasteiger partial charge is 0.267 e. The Balaban J connectivity index is 2.28. The van der Waals surface area contributed by atoms with Crippen molar-refractivity contribution in [3.8, 4) is 0 Å². The topological polar surface area (TPSA) is 17.8 Å². The van der Waals surface area contributed by atoms with E-state index in [1.807, 2.05) is 10.9 Å². The van der Waals surface area contributed by atoms with Gasteiger partial charge < -0.3 is 0 Å². The molecule has 2 heteroatoms. The summed E-state index contributed by atoms with van der Waals surface area (Å²) < 4.78 is 2.02. The van der Waals surface area contributed by atoms with Gasteiger partial charge in [-0.1, -0.05) is 18.2 Å². The fourth-order valence-corrected chi connectivity index (χ4v) is 1.67. The normalized spacial score (nSPS) is 16.6. The molecule has 0 N–H and O–H groups in total. The maximum Gasteiger partial charge on any atom is 0.0568 e. The molecule has 1 aromatic rings. The van der Waals surface area contributed by atoms with Crippen molar-refractivity contribution in [1.29, 1.82) is 0 Å². The Bertz CT molecular complexity index is 402. The maximum atomic E-state index is 4.40. The van der Waals surface area contributed by atoms with Crippen LogP contribution in [0.15, 0.2) is 30.6 Å². The Hall–Kier alpha value is -1.31. The second-order valence-electron chi connectivity index (χ2n) is 4.98. The van der Waals surface area contributed by atoms with Crippen molar-refractivity contribution in [1.82, 2.24) is 9.78 Å². The van der Waals surface area contributed by atoms with Gasteiger partial charge in [0.05, 0.1) is 11.7 Å². The fourth-order valence-electron chi connectivity index (χ4n) is 1.67. The Labute approximate surface area is 91.3 Å². The Morgan fingerprint density at radius 2 is 2.07 bits per heavy atom. The molecule has 1 aliphatic rings. The summed E-state index contributed by atoms with van der Waals surface area (Å²) in [6.07, 6.45) is 13.1. The zero-order valence-corrected chi connectivity index (χ0v) is 9.70. The molecule has 1 aromatic heterocycles. The van der Waals surface area contributed by atoms with Crippen LogP contribution in [0.25, 0.3) is 5.57 Å². The van der Waals surface area contributed by atoms with Gasteiger partial charge in [0, 0.05) is 11.8 Å². The summed E-state index contributed by atoms with van der Waals surface area (Å²) in [4.78, 5) is 0. The van der Waals surface area contributed by atoms with Gasteiger partial charge in [-0.05, 0) is 39.2 Å². The lowest BCUT2D eigenvalue weighted by Crippen LogP contribution is -2.21. The minimum absolute atomic E-state index is 0.0667. The molecule has 0 aliphatic heterocycles. The van der Waals surface area contributed by atoms with Gasteiger partial charge in [-0.15, -0.1) is 0 Å². The van der Waals surface area contributed by atoms with Crippen molar-refractivity contribution < 1.29 is 0 Å². The number of aromatic nitrogens is 2. The van der Waals surface area contributed by atoms with Crippen LogP contribution in [-0.4, -0.2) is 9.78 Å². The van der Waals surface area contributed by atoms with Crippen molar-refractivity contribution >= 4 is 5.57 Å². The Morgan fingerprint density at radius 1 is 1.27 bits per heavy atom. The highest BCUT2D eigenvalue weighted by atomic mass is 15.3. The first-order valence-electron chi connectivity index (χ1n) is 5.49. The molecular formula is C13H18N2. The monoisotopic (exact) mass is 202 g/mol. The molecule has 0 spiro atoms. The molecule has 80 valence electrons. The Kier molecular flexibility index (Phi) is 2.51. The van der Waals surface area contributed by atoms with E-state index >= 15 is 0 Å². The molecule has 0 saturated carbocycles. The van der Waals surface area contributed by atoms with Gasteiger partial charge in [0.15, 0.2) is 0 Å². The minimum atomic E-state index is 0.0667. The van der Waals surface area contributed by atoms with E-state index in [4.69, 9.17) is 0 Å². The van der Waals surface area contributed by atoms with Crippen molar-refractivity contribution in [2.45, 2.75) is 39.2 Å².